The molecule has 1 N–H and O–H groups in total. The molecule has 3 aromatic rings. The summed E-state index contributed by atoms with van der Waals surface area (Å²) in [6, 6.07) is 10.3. The van der Waals surface area contributed by atoms with Crippen molar-refractivity contribution in [1.29, 1.82) is 0 Å². The molecular weight excluding hydrogens is 291 g/mol. The third-order valence-electron chi connectivity index (χ3n) is 3.28. The Balaban J connectivity index is 2.22. The van der Waals surface area contributed by atoms with E-state index in [2.05, 4.69) is 4.98 Å². The Morgan fingerprint density at radius 3 is 2.57 bits per heavy atom. The average molecular weight is 304 g/mol. The van der Waals surface area contributed by atoms with Crippen molar-refractivity contribution in [3.63, 3.8) is 0 Å². The minimum absolute atomic E-state index is 0.201. The summed E-state index contributed by atoms with van der Waals surface area (Å²) >= 11 is 5.33. The summed E-state index contributed by atoms with van der Waals surface area (Å²) in [6.45, 7) is 0. The highest BCUT2D eigenvalue weighted by molar-refractivity contribution is 7.71. The number of aromatic amines is 1. The summed E-state index contributed by atoms with van der Waals surface area (Å²) in [5.74, 6) is 0.498. The molecule has 108 valence electrons. The van der Waals surface area contributed by atoms with Gasteiger partial charge in [-0.3, -0.25) is 4.57 Å². The molecule has 1 heterocycles. The number of nitrogens with one attached hydrogen (secondary N) is 1. The van der Waals surface area contributed by atoms with Crippen LogP contribution in [0.15, 0.2) is 36.4 Å². The average Bonchev–Trinajstić information content (AvgIpc) is 2.81. The highest BCUT2D eigenvalue weighted by atomic mass is 32.1. The zero-order valence-electron chi connectivity index (χ0n) is 11.5. The second-order valence-corrected chi connectivity index (χ2v) is 4.85. The van der Waals surface area contributed by atoms with Gasteiger partial charge in [0.2, 0.25) is 0 Å². The summed E-state index contributed by atoms with van der Waals surface area (Å²) in [6.07, 6.45) is 0. The first-order valence-electron chi connectivity index (χ1n) is 6.26. The predicted octanol–water partition coefficient (Wildman–Crippen LogP) is 3.84. The van der Waals surface area contributed by atoms with Crippen LogP contribution in [0, 0.1) is 10.6 Å². The predicted molar refractivity (Wildman–Crippen MR) is 81.5 cm³/mol. The van der Waals surface area contributed by atoms with Gasteiger partial charge in [0.05, 0.1) is 30.9 Å². The molecule has 0 fully saturated rings. The molecular formula is C15H13FN2O2S. The molecule has 4 nitrogen and oxygen atoms in total. The van der Waals surface area contributed by atoms with E-state index in [4.69, 9.17) is 21.7 Å². The SMILES string of the molecule is COc1ccc2c(c1)[nH]c(=S)n2-c1ccc(OC)c(F)c1. The number of hydrogen-bond acceptors (Lipinski definition) is 3. The third kappa shape index (κ3) is 2.27. The summed E-state index contributed by atoms with van der Waals surface area (Å²) in [5.41, 5.74) is 2.32. The van der Waals surface area contributed by atoms with Crippen LogP contribution in [0.1, 0.15) is 0 Å². The van der Waals surface area contributed by atoms with E-state index >= 15 is 0 Å². The van der Waals surface area contributed by atoms with Gasteiger partial charge in [-0.05, 0) is 36.5 Å². The van der Waals surface area contributed by atoms with Crippen LogP contribution >= 0.6 is 12.2 Å². The van der Waals surface area contributed by atoms with Crippen molar-refractivity contribution in [2.45, 2.75) is 0 Å². The van der Waals surface area contributed by atoms with Gasteiger partial charge >= 0.3 is 0 Å². The van der Waals surface area contributed by atoms with E-state index in [1.54, 1.807) is 23.8 Å². The van der Waals surface area contributed by atoms with Gasteiger partial charge in [0, 0.05) is 12.1 Å². The number of aromatic nitrogens is 2. The Bertz CT molecular complexity index is 870. The Hall–Kier alpha value is -2.34. The fraction of sp³-hybridized carbons (Fsp3) is 0.133. The number of rotatable bonds is 3. The normalized spacial score (nSPS) is 10.8. The molecule has 0 radical (unpaired) electrons. The van der Waals surface area contributed by atoms with Crippen molar-refractivity contribution in [3.05, 3.63) is 47.0 Å². The van der Waals surface area contributed by atoms with E-state index < -0.39 is 5.82 Å². The molecule has 0 aliphatic heterocycles. The molecule has 0 saturated heterocycles. The molecule has 0 saturated carbocycles. The van der Waals surface area contributed by atoms with Crippen LogP contribution in [0.2, 0.25) is 0 Å². The minimum atomic E-state index is -0.431. The van der Waals surface area contributed by atoms with Crippen molar-refractivity contribution < 1.29 is 13.9 Å². The number of hydrogen-bond donors (Lipinski definition) is 1. The van der Waals surface area contributed by atoms with E-state index in [-0.39, 0.29) is 5.75 Å². The number of halogens is 1. The fourth-order valence-corrected chi connectivity index (χ4v) is 2.58. The Morgan fingerprint density at radius 1 is 1.10 bits per heavy atom. The number of fused-ring (bicyclic) bond motifs is 1. The lowest BCUT2D eigenvalue weighted by Gasteiger charge is -2.07. The molecule has 0 bridgehead atoms. The monoisotopic (exact) mass is 304 g/mol. The standard InChI is InChI=1S/C15H13FN2O2S/c1-19-10-4-5-13-12(8-10)17-15(21)18(13)9-3-6-14(20-2)11(16)7-9/h3-8H,1-2H3,(H,17,21). The van der Waals surface area contributed by atoms with Gasteiger partial charge in [-0.25, -0.2) is 4.39 Å². The van der Waals surface area contributed by atoms with Crippen LogP contribution in [-0.2, 0) is 0 Å². The highest BCUT2D eigenvalue weighted by Gasteiger charge is 2.10. The summed E-state index contributed by atoms with van der Waals surface area (Å²) in [5, 5.41) is 0. The maximum atomic E-state index is 13.9. The lowest BCUT2D eigenvalue weighted by atomic mass is 10.2. The molecule has 21 heavy (non-hydrogen) atoms. The Kier molecular flexibility index (Phi) is 3.39. The molecule has 0 amide bonds. The van der Waals surface area contributed by atoms with E-state index in [1.165, 1.54) is 13.2 Å². The summed E-state index contributed by atoms with van der Waals surface area (Å²) in [4.78, 5) is 3.09. The molecule has 0 spiro atoms. The zero-order chi connectivity index (χ0) is 15.0. The number of H-pyrrole nitrogens is 1. The number of ether oxygens (including phenoxy) is 2. The molecule has 0 aliphatic carbocycles. The van der Waals surface area contributed by atoms with Crippen molar-refractivity contribution in [3.8, 4) is 17.2 Å². The maximum Gasteiger partial charge on any atom is 0.182 e. The van der Waals surface area contributed by atoms with Crippen LogP contribution in [0.25, 0.3) is 16.7 Å². The summed E-state index contributed by atoms with van der Waals surface area (Å²) < 4.78 is 26.3. The zero-order valence-corrected chi connectivity index (χ0v) is 12.3. The van der Waals surface area contributed by atoms with E-state index in [1.807, 2.05) is 18.2 Å². The quantitative estimate of drug-likeness (QED) is 0.747. The van der Waals surface area contributed by atoms with Crippen molar-refractivity contribution >= 4 is 23.3 Å². The first-order valence-corrected chi connectivity index (χ1v) is 6.67. The smallest absolute Gasteiger partial charge is 0.182 e. The van der Waals surface area contributed by atoms with Gasteiger partial charge in [0.25, 0.3) is 0 Å². The van der Waals surface area contributed by atoms with Gasteiger partial charge in [-0.15, -0.1) is 0 Å². The molecule has 0 atom stereocenters. The largest absolute Gasteiger partial charge is 0.497 e. The molecule has 0 unspecified atom stereocenters. The van der Waals surface area contributed by atoms with Crippen LogP contribution < -0.4 is 9.47 Å². The van der Waals surface area contributed by atoms with Gasteiger partial charge in [-0.2, -0.15) is 0 Å². The lowest BCUT2D eigenvalue weighted by Crippen LogP contribution is -1.96. The van der Waals surface area contributed by atoms with Crippen molar-refractivity contribution in [2.75, 3.05) is 14.2 Å². The van der Waals surface area contributed by atoms with Crippen LogP contribution in [0.3, 0.4) is 0 Å². The van der Waals surface area contributed by atoms with Crippen molar-refractivity contribution in [2.24, 2.45) is 0 Å². The maximum absolute atomic E-state index is 13.9. The van der Waals surface area contributed by atoms with Gasteiger partial charge in [0.15, 0.2) is 16.3 Å². The van der Waals surface area contributed by atoms with Crippen LogP contribution in [0.5, 0.6) is 11.5 Å². The molecule has 1 aromatic heterocycles. The first kappa shape index (κ1) is 13.6. The first-order chi connectivity index (χ1) is 10.1. The summed E-state index contributed by atoms with van der Waals surface area (Å²) in [7, 11) is 3.04. The molecule has 0 aliphatic rings. The highest BCUT2D eigenvalue weighted by Crippen LogP contribution is 2.26. The fourth-order valence-electron chi connectivity index (χ4n) is 2.27. The van der Waals surface area contributed by atoms with Crippen LogP contribution in [0.4, 0.5) is 4.39 Å². The van der Waals surface area contributed by atoms with Crippen molar-refractivity contribution in [1.82, 2.24) is 9.55 Å². The second-order valence-electron chi connectivity index (χ2n) is 4.47. The molecule has 6 heteroatoms. The van der Waals surface area contributed by atoms with Crippen LogP contribution in [-0.4, -0.2) is 23.8 Å². The minimum Gasteiger partial charge on any atom is -0.497 e. The lowest BCUT2D eigenvalue weighted by molar-refractivity contribution is 0.386. The molecule has 2 aromatic carbocycles. The van der Waals surface area contributed by atoms with E-state index in [0.717, 1.165) is 16.8 Å². The van der Waals surface area contributed by atoms with E-state index in [9.17, 15) is 4.39 Å². The number of nitrogens with zero attached hydrogens (tertiary/aromatic N) is 1. The van der Waals surface area contributed by atoms with E-state index in [0.29, 0.717) is 10.5 Å². The Labute approximate surface area is 125 Å². The topological polar surface area (TPSA) is 39.2 Å². The second kappa shape index (κ2) is 5.21. The third-order valence-corrected chi connectivity index (χ3v) is 3.57. The van der Waals surface area contributed by atoms with Gasteiger partial charge < -0.3 is 14.5 Å². The number of imidazole rings is 1. The Morgan fingerprint density at radius 2 is 1.90 bits per heavy atom. The number of benzene rings is 2. The van der Waals surface area contributed by atoms with Gasteiger partial charge in [-0.1, -0.05) is 0 Å². The van der Waals surface area contributed by atoms with Gasteiger partial charge in [0.1, 0.15) is 5.75 Å². The number of methoxy groups -OCH3 is 2. The molecule has 3 rings (SSSR count).